The molecule has 0 aliphatic heterocycles. The predicted octanol–water partition coefficient (Wildman–Crippen LogP) is 1.34. The summed E-state index contributed by atoms with van der Waals surface area (Å²) in [4.78, 5) is 22.3. The van der Waals surface area contributed by atoms with Gasteiger partial charge in [-0.15, -0.1) is 0 Å². The molecular weight excluding hydrogens is 252 g/mol. The second-order valence-corrected chi connectivity index (χ2v) is 3.45. The lowest BCUT2D eigenvalue weighted by Gasteiger charge is -2.09. The van der Waals surface area contributed by atoms with E-state index >= 15 is 0 Å². The Hall–Kier alpha value is -2.50. The van der Waals surface area contributed by atoms with E-state index in [0.29, 0.717) is 11.5 Å². The lowest BCUT2D eigenvalue weighted by atomic mass is 10.1. The van der Waals surface area contributed by atoms with E-state index in [0.717, 1.165) is 13.2 Å². The maximum absolute atomic E-state index is 11.3. The molecule has 102 valence electrons. The molecule has 6 heteroatoms. The van der Waals surface area contributed by atoms with Gasteiger partial charge in [0.1, 0.15) is 17.3 Å². The van der Waals surface area contributed by atoms with Crippen LogP contribution in [-0.2, 0) is 14.3 Å². The summed E-state index contributed by atoms with van der Waals surface area (Å²) in [6.45, 7) is 0. The standard InChI is InChI=1S/C13H14O6/c1-17-8-4-5-9(12(6-8)18-2)10(14)7-11(15)13(16)19-3/h4-7,14H,1-3H3/b10-7-. The Bertz CT molecular complexity index is 518. The van der Waals surface area contributed by atoms with Gasteiger partial charge in [-0.25, -0.2) is 4.79 Å². The summed E-state index contributed by atoms with van der Waals surface area (Å²) in [6.07, 6.45) is 0.774. The third-order valence-corrected chi connectivity index (χ3v) is 2.34. The van der Waals surface area contributed by atoms with Gasteiger partial charge in [0, 0.05) is 12.1 Å². The first-order chi connectivity index (χ1) is 9.03. The Kier molecular flexibility index (Phi) is 4.93. The van der Waals surface area contributed by atoms with Gasteiger partial charge in [0.25, 0.3) is 5.78 Å². The van der Waals surface area contributed by atoms with Crippen LogP contribution in [0.2, 0.25) is 0 Å². The summed E-state index contributed by atoms with van der Waals surface area (Å²) >= 11 is 0. The van der Waals surface area contributed by atoms with Gasteiger partial charge in [-0.3, -0.25) is 4.79 Å². The summed E-state index contributed by atoms with van der Waals surface area (Å²) in [5.41, 5.74) is 0.264. The molecule has 0 bridgehead atoms. The molecular formula is C13H14O6. The van der Waals surface area contributed by atoms with Crippen LogP contribution in [0.4, 0.5) is 0 Å². The van der Waals surface area contributed by atoms with Crippen molar-refractivity contribution in [1.29, 1.82) is 0 Å². The fourth-order valence-corrected chi connectivity index (χ4v) is 1.37. The number of carbonyl (C=O) groups is 2. The number of methoxy groups -OCH3 is 3. The molecule has 0 saturated heterocycles. The van der Waals surface area contributed by atoms with Crippen LogP contribution in [0.15, 0.2) is 24.3 Å². The zero-order chi connectivity index (χ0) is 14.4. The van der Waals surface area contributed by atoms with Gasteiger partial charge in [-0.1, -0.05) is 0 Å². The summed E-state index contributed by atoms with van der Waals surface area (Å²) in [5, 5.41) is 9.82. The fraction of sp³-hybridized carbons (Fsp3) is 0.231. The van der Waals surface area contributed by atoms with E-state index in [-0.39, 0.29) is 5.56 Å². The lowest BCUT2D eigenvalue weighted by Crippen LogP contribution is -2.13. The van der Waals surface area contributed by atoms with Crippen LogP contribution in [0.25, 0.3) is 5.76 Å². The van der Waals surface area contributed by atoms with Crippen molar-refractivity contribution in [2.45, 2.75) is 0 Å². The Morgan fingerprint density at radius 2 is 1.84 bits per heavy atom. The van der Waals surface area contributed by atoms with Gasteiger partial charge in [-0.2, -0.15) is 0 Å². The van der Waals surface area contributed by atoms with Gasteiger partial charge in [0.05, 0.1) is 26.9 Å². The Labute approximate surface area is 110 Å². The first-order valence-corrected chi connectivity index (χ1v) is 5.28. The number of aliphatic hydroxyl groups excluding tert-OH is 1. The van der Waals surface area contributed by atoms with E-state index in [1.54, 1.807) is 12.1 Å². The molecule has 6 nitrogen and oxygen atoms in total. The highest BCUT2D eigenvalue weighted by Crippen LogP contribution is 2.28. The molecule has 0 aliphatic carbocycles. The number of esters is 1. The monoisotopic (exact) mass is 266 g/mol. The van der Waals surface area contributed by atoms with Crippen molar-refractivity contribution in [2.75, 3.05) is 21.3 Å². The van der Waals surface area contributed by atoms with Crippen LogP contribution in [0.3, 0.4) is 0 Å². The number of rotatable bonds is 5. The molecule has 0 saturated carbocycles. The van der Waals surface area contributed by atoms with Crippen LogP contribution in [0.5, 0.6) is 11.5 Å². The summed E-state index contributed by atoms with van der Waals surface area (Å²) in [5.74, 6) is -1.56. The highest BCUT2D eigenvalue weighted by molar-refractivity contribution is 6.39. The summed E-state index contributed by atoms with van der Waals surface area (Å²) < 4.78 is 14.3. The smallest absolute Gasteiger partial charge is 0.378 e. The topological polar surface area (TPSA) is 82.1 Å². The Morgan fingerprint density at radius 3 is 2.37 bits per heavy atom. The van der Waals surface area contributed by atoms with Crippen molar-refractivity contribution < 1.29 is 28.9 Å². The lowest BCUT2D eigenvalue weighted by molar-refractivity contribution is -0.149. The van der Waals surface area contributed by atoms with Crippen LogP contribution >= 0.6 is 0 Å². The number of carbonyl (C=O) groups excluding carboxylic acids is 2. The fourth-order valence-electron chi connectivity index (χ4n) is 1.37. The molecule has 0 spiro atoms. The maximum atomic E-state index is 11.3. The van der Waals surface area contributed by atoms with E-state index in [1.165, 1.54) is 20.3 Å². The highest BCUT2D eigenvalue weighted by Gasteiger charge is 2.15. The first-order valence-electron chi connectivity index (χ1n) is 5.28. The van der Waals surface area contributed by atoms with Crippen LogP contribution in [0, 0.1) is 0 Å². The maximum Gasteiger partial charge on any atom is 0.378 e. The largest absolute Gasteiger partial charge is 0.507 e. The number of ketones is 1. The van der Waals surface area contributed by atoms with Gasteiger partial charge in [-0.05, 0) is 12.1 Å². The predicted molar refractivity (Wildman–Crippen MR) is 67.2 cm³/mol. The molecule has 0 aliphatic rings. The van der Waals surface area contributed by atoms with Gasteiger partial charge in [0.15, 0.2) is 0 Å². The van der Waals surface area contributed by atoms with E-state index in [1.807, 2.05) is 0 Å². The zero-order valence-corrected chi connectivity index (χ0v) is 10.8. The molecule has 0 amide bonds. The van der Waals surface area contributed by atoms with Gasteiger partial charge in [0.2, 0.25) is 0 Å². The number of hydrogen-bond acceptors (Lipinski definition) is 6. The van der Waals surface area contributed by atoms with E-state index in [9.17, 15) is 14.7 Å². The first kappa shape index (κ1) is 14.6. The minimum absolute atomic E-state index is 0.264. The molecule has 0 unspecified atom stereocenters. The van der Waals surface area contributed by atoms with E-state index in [2.05, 4.69) is 4.74 Å². The van der Waals surface area contributed by atoms with E-state index < -0.39 is 17.5 Å². The number of ether oxygens (including phenoxy) is 3. The molecule has 0 radical (unpaired) electrons. The molecule has 0 fully saturated rings. The SMILES string of the molecule is COC(=O)C(=O)/C=C(\O)c1ccc(OC)cc1OC. The molecule has 1 aromatic rings. The minimum Gasteiger partial charge on any atom is -0.507 e. The summed E-state index contributed by atoms with van der Waals surface area (Å²) in [7, 11) is 3.98. The Morgan fingerprint density at radius 1 is 1.16 bits per heavy atom. The molecule has 1 rings (SSSR count). The highest BCUT2D eigenvalue weighted by atomic mass is 16.5. The van der Waals surface area contributed by atoms with Crippen molar-refractivity contribution >= 4 is 17.5 Å². The van der Waals surface area contributed by atoms with Crippen molar-refractivity contribution in [3.63, 3.8) is 0 Å². The number of hydrogen-bond donors (Lipinski definition) is 1. The van der Waals surface area contributed by atoms with Gasteiger partial charge >= 0.3 is 5.97 Å². The third kappa shape index (κ3) is 3.48. The average molecular weight is 266 g/mol. The zero-order valence-electron chi connectivity index (χ0n) is 10.8. The Balaban J connectivity index is 3.12. The second-order valence-electron chi connectivity index (χ2n) is 3.45. The third-order valence-electron chi connectivity index (χ3n) is 2.34. The molecule has 0 aromatic heterocycles. The number of aliphatic hydroxyl groups is 1. The molecule has 1 aromatic carbocycles. The average Bonchev–Trinajstić information content (AvgIpc) is 2.45. The molecule has 0 atom stereocenters. The number of benzene rings is 1. The van der Waals surface area contributed by atoms with Crippen molar-refractivity contribution in [2.24, 2.45) is 0 Å². The summed E-state index contributed by atoms with van der Waals surface area (Å²) in [6, 6.07) is 4.64. The normalized spacial score (nSPS) is 10.8. The van der Waals surface area contributed by atoms with Crippen LogP contribution in [-0.4, -0.2) is 38.2 Å². The van der Waals surface area contributed by atoms with Crippen molar-refractivity contribution in [3.8, 4) is 11.5 Å². The molecule has 0 heterocycles. The molecule has 1 N–H and O–H groups in total. The quantitative estimate of drug-likeness (QED) is 0.375. The van der Waals surface area contributed by atoms with Gasteiger partial charge < -0.3 is 19.3 Å². The second kappa shape index (κ2) is 6.44. The van der Waals surface area contributed by atoms with Crippen LogP contribution < -0.4 is 9.47 Å². The van der Waals surface area contributed by atoms with Crippen molar-refractivity contribution in [1.82, 2.24) is 0 Å². The van der Waals surface area contributed by atoms with Crippen LogP contribution in [0.1, 0.15) is 5.56 Å². The minimum atomic E-state index is -1.06. The molecule has 19 heavy (non-hydrogen) atoms. The van der Waals surface area contributed by atoms with Crippen molar-refractivity contribution in [3.05, 3.63) is 29.8 Å². The van der Waals surface area contributed by atoms with E-state index in [4.69, 9.17) is 9.47 Å².